The Labute approximate surface area is 120 Å². The van der Waals surface area contributed by atoms with Gasteiger partial charge in [-0.05, 0) is 30.2 Å². The van der Waals surface area contributed by atoms with Crippen LogP contribution >= 0.6 is 23.2 Å². The van der Waals surface area contributed by atoms with Crippen molar-refractivity contribution in [1.29, 1.82) is 0 Å². The highest BCUT2D eigenvalue weighted by molar-refractivity contribution is 6.31. The van der Waals surface area contributed by atoms with Gasteiger partial charge in [-0.25, -0.2) is 4.39 Å². The Bertz CT molecular complexity index is 557. The Morgan fingerprint density at radius 3 is 2.68 bits per heavy atom. The fourth-order valence-corrected chi connectivity index (χ4v) is 2.35. The first-order valence-electron chi connectivity index (χ1n) is 5.62. The van der Waals surface area contributed by atoms with Crippen LogP contribution in [0.2, 0.25) is 10.0 Å². The van der Waals surface area contributed by atoms with Gasteiger partial charge in [0.15, 0.2) is 0 Å². The molecule has 6 heteroatoms. The number of rotatable bonds is 4. The molecule has 0 aliphatic carbocycles. The Morgan fingerprint density at radius 2 is 2.05 bits per heavy atom. The number of hydrogen-bond donors (Lipinski definition) is 2. The van der Waals surface area contributed by atoms with Gasteiger partial charge < -0.3 is 0 Å². The average Bonchev–Trinajstić information content (AvgIpc) is 2.40. The normalized spacial score (nSPS) is 12.4. The third-order valence-corrected chi connectivity index (χ3v) is 3.52. The fraction of sp³-hybridized carbons (Fsp3) is 0.154. The highest BCUT2D eigenvalue weighted by Gasteiger charge is 2.17. The summed E-state index contributed by atoms with van der Waals surface area (Å²) >= 11 is 12.1. The predicted molar refractivity (Wildman–Crippen MR) is 74.4 cm³/mol. The predicted octanol–water partition coefficient (Wildman–Crippen LogP) is 3.27. The molecule has 0 fully saturated rings. The summed E-state index contributed by atoms with van der Waals surface area (Å²) in [6.07, 6.45) is 3.42. The summed E-state index contributed by atoms with van der Waals surface area (Å²) in [5.74, 6) is 5.16. The van der Waals surface area contributed by atoms with Crippen LogP contribution in [0.15, 0.2) is 36.7 Å². The van der Waals surface area contributed by atoms with Crippen LogP contribution in [0.4, 0.5) is 4.39 Å². The van der Waals surface area contributed by atoms with Crippen molar-refractivity contribution in [2.45, 2.75) is 12.5 Å². The summed E-state index contributed by atoms with van der Waals surface area (Å²) in [6, 6.07) is 5.96. The van der Waals surface area contributed by atoms with E-state index in [4.69, 9.17) is 29.0 Å². The summed E-state index contributed by atoms with van der Waals surface area (Å²) < 4.78 is 13.8. The van der Waals surface area contributed by atoms with Gasteiger partial charge in [0.2, 0.25) is 0 Å². The molecule has 0 radical (unpaired) electrons. The average molecular weight is 300 g/mol. The van der Waals surface area contributed by atoms with E-state index in [0.29, 0.717) is 22.0 Å². The van der Waals surface area contributed by atoms with Crippen molar-refractivity contribution in [2.24, 2.45) is 5.84 Å². The molecule has 0 spiro atoms. The van der Waals surface area contributed by atoms with E-state index < -0.39 is 0 Å². The number of nitrogens with two attached hydrogens (primary N) is 1. The highest BCUT2D eigenvalue weighted by Crippen LogP contribution is 2.28. The second kappa shape index (κ2) is 6.30. The smallest absolute Gasteiger partial charge is 0.127 e. The Morgan fingerprint density at radius 1 is 1.26 bits per heavy atom. The monoisotopic (exact) mass is 299 g/mol. The van der Waals surface area contributed by atoms with Crippen molar-refractivity contribution < 1.29 is 4.39 Å². The summed E-state index contributed by atoms with van der Waals surface area (Å²) in [4.78, 5) is 3.90. The largest absolute Gasteiger partial charge is 0.271 e. The lowest BCUT2D eigenvalue weighted by atomic mass is 10.00. The maximum absolute atomic E-state index is 13.8. The number of nitrogens with zero attached hydrogens (tertiary/aromatic N) is 1. The third kappa shape index (κ3) is 3.22. The van der Waals surface area contributed by atoms with Gasteiger partial charge in [0.1, 0.15) is 5.82 Å². The number of benzene rings is 1. The summed E-state index contributed by atoms with van der Waals surface area (Å²) in [5, 5.41) is 0.836. The molecule has 19 heavy (non-hydrogen) atoms. The van der Waals surface area contributed by atoms with E-state index in [1.165, 1.54) is 12.3 Å². The van der Waals surface area contributed by atoms with Gasteiger partial charge in [0, 0.05) is 23.0 Å². The molecule has 100 valence electrons. The molecule has 0 saturated carbocycles. The van der Waals surface area contributed by atoms with Gasteiger partial charge in [-0.1, -0.05) is 29.3 Å². The zero-order valence-corrected chi connectivity index (χ0v) is 11.4. The molecule has 2 aromatic rings. The van der Waals surface area contributed by atoms with Crippen LogP contribution in [-0.4, -0.2) is 4.98 Å². The minimum absolute atomic E-state index is 0.297. The first kappa shape index (κ1) is 14.2. The van der Waals surface area contributed by atoms with Gasteiger partial charge in [0.05, 0.1) is 11.1 Å². The molecule has 1 heterocycles. The molecule has 0 aliphatic rings. The minimum atomic E-state index is -0.363. The lowest BCUT2D eigenvalue weighted by molar-refractivity contribution is 0.529. The SMILES string of the molecule is NNC(Cc1c(F)cccc1Cl)c1ccncc1Cl. The molecule has 1 unspecified atom stereocenters. The highest BCUT2D eigenvalue weighted by atomic mass is 35.5. The van der Waals surface area contributed by atoms with E-state index in [-0.39, 0.29) is 11.9 Å². The Balaban J connectivity index is 2.32. The number of aromatic nitrogens is 1. The maximum atomic E-state index is 13.8. The molecule has 1 aromatic carbocycles. The van der Waals surface area contributed by atoms with Crippen LogP contribution in [-0.2, 0) is 6.42 Å². The van der Waals surface area contributed by atoms with Crippen LogP contribution < -0.4 is 11.3 Å². The maximum Gasteiger partial charge on any atom is 0.127 e. The third-order valence-electron chi connectivity index (χ3n) is 2.85. The number of halogens is 3. The van der Waals surface area contributed by atoms with E-state index in [1.54, 1.807) is 24.4 Å². The van der Waals surface area contributed by atoms with Crippen molar-refractivity contribution in [3.05, 3.63) is 63.6 Å². The van der Waals surface area contributed by atoms with Gasteiger partial charge in [-0.2, -0.15) is 0 Å². The topological polar surface area (TPSA) is 50.9 Å². The molecule has 0 saturated heterocycles. The lowest BCUT2D eigenvalue weighted by Gasteiger charge is -2.18. The van der Waals surface area contributed by atoms with Gasteiger partial charge in [-0.15, -0.1) is 0 Å². The summed E-state index contributed by atoms with van der Waals surface area (Å²) in [7, 11) is 0. The zero-order chi connectivity index (χ0) is 13.8. The molecule has 3 N–H and O–H groups in total. The van der Waals surface area contributed by atoms with E-state index in [0.717, 1.165) is 5.56 Å². The molecule has 0 aliphatic heterocycles. The quantitative estimate of drug-likeness (QED) is 0.673. The van der Waals surface area contributed by atoms with Crippen molar-refractivity contribution >= 4 is 23.2 Å². The van der Waals surface area contributed by atoms with E-state index in [1.807, 2.05) is 0 Å². The fourth-order valence-electron chi connectivity index (χ4n) is 1.86. The Hall–Kier alpha value is -1.20. The lowest BCUT2D eigenvalue weighted by Crippen LogP contribution is -2.30. The van der Waals surface area contributed by atoms with Crippen molar-refractivity contribution in [3.8, 4) is 0 Å². The first-order chi connectivity index (χ1) is 9.13. The van der Waals surface area contributed by atoms with E-state index >= 15 is 0 Å². The second-order valence-corrected chi connectivity index (χ2v) is 4.84. The Kier molecular flexibility index (Phi) is 4.71. The zero-order valence-electron chi connectivity index (χ0n) is 9.91. The van der Waals surface area contributed by atoms with Crippen molar-refractivity contribution in [1.82, 2.24) is 10.4 Å². The van der Waals surface area contributed by atoms with Crippen LogP contribution in [0.1, 0.15) is 17.2 Å². The number of hydrazine groups is 1. The van der Waals surface area contributed by atoms with Gasteiger partial charge in [-0.3, -0.25) is 16.3 Å². The van der Waals surface area contributed by atoms with Crippen LogP contribution in [0.5, 0.6) is 0 Å². The van der Waals surface area contributed by atoms with Crippen LogP contribution in [0, 0.1) is 5.82 Å². The standard InChI is InChI=1S/C13H12Cl2FN3/c14-10-2-1-3-12(16)9(10)6-13(19-17)8-4-5-18-7-11(8)15/h1-5,7,13,19H,6,17H2. The number of pyridine rings is 1. The molecule has 2 rings (SSSR count). The molecular formula is C13H12Cl2FN3. The summed E-state index contributed by atoms with van der Waals surface area (Å²) in [5.41, 5.74) is 3.78. The first-order valence-corrected chi connectivity index (χ1v) is 6.37. The van der Waals surface area contributed by atoms with E-state index in [9.17, 15) is 4.39 Å². The molecule has 1 atom stereocenters. The molecule has 0 amide bonds. The van der Waals surface area contributed by atoms with Crippen molar-refractivity contribution in [2.75, 3.05) is 0 Å². The van der Waals surface area contributed by atoms with Gasteiger partial charge in [0.25, 0.3) is 0 Å². The second-order valence-electron chi connectivity index (χ2n) is 4.02. The van der Waals surface area contributed by atoms with Gasteiger partial charge >= 0.3 is 0 Å². The van der Waals surface area contributed by atoms with Crippen LogP contribution in [0.25, 0.3) is 0 Å². The van der Waals surface area contributed by atoms with Crippen molar-refractivity contribution in [3.63, 3.8) is 0 Å². The molecule has 1 aromatic heterocycles. The molecule has 0 bridgehead atoms. The van der Waals surface area contributed by atoms with E-state index in [2.05, 4.69) is 10.4 Å². The van der Waals surface area contributed by atoms with Crippen LogP contribution in [0.3, 0.4) is 0 Å². The molecule has 3 nitrogen and oxygen atoms in total. The minimum Gasteiger partial charge on any atom is -0.271 e. The number of hydrogen-bond acceptors (Lipinski definition) is 3. The summed E-state index contributed by atoms with van der Waals surface area (Å²) in [6.45, 7) is 0. The number of nitrogens with one attached hydrogen (secondary N) is 1. The molecular weight excluding hydrogens is 288 g/mol.